The molecule has 2 rings (SSSR count). The summed E-state index contributed by atoms with van der Waals surface area (Å²) in [6.45, 7) is 2.36. The van der Waals surface area contributed by atoms with Crippen molar-refractivity contribution in [1.29, 1.82) is 0 Å². The van der Waals surface area contributed by atoms with E-state index in [4.69, 9.17) is 9.63 Å². The van der Waals surface area contributed by atoms with Crippen LogP contribution in [0.3, 0.4) is 0 Å². The van der Waals surface area contributed by atoms with Crippen LogP contribution >= 0.6 is 0 Å². The highest BCUT2D eigenvalue weighted by Gasteiger charge is 2.30. The number of hydrogen-bond acceptors (Lipinski definition) is 5. The smallest absolute Gasteiger partial charge is 0.305 e. The number of carboxylic acids is 1. The highest BCUT2D eigenvalue weighted by Crippen LogP contribution is 2.21. The molecule has 1 amide bonds. The molecule has 7 heteroatoms. The Bertz CT molecular complexity index is 471. The van der Waals surface area contributed by atoms with Crippen LogP contribution in [-0.4, -0.2) is 44.6 Å². The van der Waals surface area contributed by atoms with Crippen LogP contribution in [0.25, 0.3) is 0 Å². The van der Waals surface area contributed by atoms with Crippen molar-refractivity contribution in [2.24, 2.45) is 0 Å². The molecule has 1 aliphatic rings. The van der Waals surface area contributed by atoms with Gasteiger partial charge in [0.25, 0.3) is 0 Å². The van der Waals surface area contributed by atoms with Gasteiger partial charge in [0.2, 0.25) is 11.8 Å². The van der Waals surface area contributed by atoms with Gasteiger partial charge in [-0.1, -0.05) is 5.16 Å². The van der Waals surface area contributed by atoms with Gasteiger partial charge in [0, 0.05) is 25.4 Å². The number of carbonyl (C=O) groups is 2. The van der Waals surface area contributed by atoms with Crippen LogP contribution in [0.5, 0.6) is 0 Å². The zero-order chi connectivity index (χ0) is 13.8. The Labute approximate surface area is 110 Å². The highest BCUT2D eigenvalue weighted by molar-refractivity contribution is 5.78. The van der Waals surface area contributed by atoms with Crippen molar-refractivity contribution in [3.63, 3.8) is 0 Å². The molecule has 1 aromatic heterocycles. The van der Waals surface area contributed by atoms with E-state index in [1.165, 1.54) is 0 Å². The van der Waals surface area contributed by atoms with Crippen LogP contribution in [0.15, 0.2) is 4.52 Å². The molecule has 0 spiro atoms. The molecule has 0 aliphatic carbocycles. The molecule has 0 radical (unpaired) electrons. The zero-order valence-corrected chi connectivity index (χ0v) is 10.8. The summed E-state index contributed by atoms with van der Waals surface area (Å²) < 4.78 is 4.94. The molecular weight excluding hydrogens is 250 g/mol. The van der Waals surface area contributed by atoms with E-state index in [1.807, 2.05) is 0 Å². The second-order valence-corrected chi connectivity index (χ2v) is 4.72. The highest BCUT2D eigenvalue weighted by atomic mass is 16.5. The maximum atomic E-state index is 12.1. The molecule has 1 atom stereocenters. The van der Waals surface area contributed by atoms with Crippen LogP contribution in [-0.2, 0) is 16.0 Å². The van der Waals surface area contributed by atoms with Crippen molar-refractivity contribution in [1.82, 2.24) is 15.0 Å². The monoisotopic (exact) mass is 267 g/mol. The lowest BCUT2D eigenvalue weighted by Crippen LogP contribution is -2.36. The molecule has 104 valence electrons. The second-order valence-electron chi connectivity index (χ2n) is 4.72. The van der Waals surface area contributed by atoms with E-state index >= 15 is 0 Å². The number of likely N-dealkylation sites (tertiary alicyclic amines) is 1. The topological polar surface area (TPSA) is 96.5 Å². The summed E-state index contributed by atoms with van der Waals surface area (Å²) in [4.78, 5) is 28.5. The van der Waals surface area contributed by atoms with Crippen molar-refractivity contribution in [2.75, 3.05) is 6.54 Å². The summed E-state index contributed by atoms with van der Waals surface area (Å²) in [6.07, 6.45) is 2.32. The molecule has 1 N–H and O–H groups in total. The average Bonchev–Trinajstić information content (AvgIpc) is 2.94. The molecule has 2 heterocycles. The van der Waals surface area contributed by atoms with Crippen molar-refractivity contribution in [3.8, 4) is 0 Å². The lowest BCUT2D eigenvalue weighted by atomic mass is 10.1. The molecule has 7 nitrogen and oxygen atoms in total. The van der Waals surface area contributed by atoms with E-state index in [0.717, 1.165) is 12.8 Å². The van der Waals surface area contributed by atoms with Crippen LogP contribution in [0, 0.1) is 6.92 Å². The third kappa shape index (κ3) is 3.52. The Morgan fingerprint density at radius 3 is 2.95 bits per heavy atom. The van der Waals surface area contributed by atoms with E-state index in [0.29, 0.717) is 24.7 Å². The van der Waals surface area contributed by atoms with Gasteiger partial charge >= 0.3 is 5.97 Å². The number of aryl methyl sites for hydroxylation is 2. The molecular formula is C12H17N3O4. The summed E-state index contributed by atoms with van der Waals surface area (Å²) in [7, 11) is 0. The van der Waals surface area contributed by atoms with Crippen molar-refractivity contribution in [3.05, 3.63) is 11.7 Å². The van der Waals surface area contributed by atoms with Gasteiger partial charge in [0.15, 0.2) is 5.82 Å². The van der Waals surface area contributed by atoms with Gasteiger partial charge in [-0.3, -0.25) is 9.59 Å². The number of nitrogens with zero attached hydrogens (tertiary/aromatic N) is 3. The third-order valence-electron chi connectivity index (χ3n) is 3.23. The van der Waals surface area contributed by atoms with Crippen LogP contribution in [0.1, 0.15) is 37.4 Å². The molecule has 1 unspecified atom stereocenters. The predicted molar refractivity (Wildman–Crippen MR) is 64.3 cm³/mol. The van der Waals surface area contributed by atoms with Crippen molar-refractivity contribution in [2.45, 2.75) is 45.1 Å². The second kappa shape index (κ2) is 5.81. The molecule has 19 heavy (non-hydrogen) atoms. The van der Waals surface area contributed by atoms with Gasteiger partial charge in [0.05, 0.1) is 6.42 Å². The van der Waals surface area contributed by atoms with Crippen LogP contribution in [0.4, 0.5) is 0 Å². The lowest BCUT2D eigenvalue weighted by molar-refractivity contribution is -0.139. The summed E-state index contributed by atoms with van der Waals surface area (Å²) in [5.74, 6) is 0.0871. The van der Waals surface area contributed by atoms with Gasteiger partial charge in [-0.2, -0.15) is 4.98 Å². The van der Waals surface area contributed by atoms with E-state index in [9.17, 15) is 9.59 Å². The van der Waals surface area contributed by atoms with Gasteiger partial charge in [-0.05, 0) is 19.8 Å². The quantitative estimate of drug-likeness (QED) is 0.846. The Balaban J connectivity index is 1.86. The summed E-state index contributed by atoms with van der Waals surface area (Å²) >= 11 is 0. The molecule has 1 saturated heterocycles. The van der Waals surface area contributed by atoms with E-state index in [2.05, 4.69) is 10.1 Å². The minimum absolute atomic E-state index is 0.0193. The summed E-state index contributed by atoms with van der Waals surface area (Å²) in [6, 6.07) is -0.172. The van der Waals surface area contributed by atoms with Crippen LogP contribution < -0.4 is 0 Å². The first-order chi connectivity index (χ1) is 9.06. The first kappa shape index (κ1) is 13.5. The minimum atomic E-state index is -0.864. The predicted octanol–water partition coefficient (Wildman–Crippen LogP) is 0.776. The summed E-state index contributed by atoms with van der Waals surface area (Å²) in [5, 5.41) is 12.5. The van der Waals surface area contributed by atoms with Gasteiger partial charge in [0.1, 0.15) is 0 Å². The molecule has 0 saturated carbocycles. The number of carboxylic acid groups (broad SMARTS) is 1. The zero-order valence-electron chi connectivity index (χ0n) is 10.8. The standard InChI is InChI=1S/C12H17N3O4/c1-8-13-10(19-14-8)4-5-11(16)15-6-2-3-9(15)7-12(17)18/h9H,2-7H2,1H3,(H,17,18). The lowest BCUT2D eigenvalue weighted by Gasteiger charge is -2.23. The maximum absolute atomic E-state index is 12.1. The molecule has 0 aromatic carbocycles. The Hall–Kier alpha value is -1.92. The van der Waals surface area contributed by atoms with Gasteiger partial charge in [-0.15, -0.1) is 0 Å². The summed E-state index contributed by atoms with van der Waals surface area (Å²) in [5.41, 5.74) is 0. The molecule has 1 aromatic rings. The Morgan fingerprint density at radius 1 is 1.53 bits per heavy atom. The average molecular weight is 267 g/mol. The number of hydrogen-bond donors (Lipinski definition) is 1. The van der Waals surface area contributed by atoms with Crippen molar-refractivity contribution < 1.29 is 19.2 Å². The fourth-order valence-electron chi connectivity index (χ4n) is 2.38. The largest absolute Gasteiger partial charge is 0.481 e. The van der Waals surface area contributed by atoms with E-state index < -0.39 is 5.97 Å². The maximum Gasteiger partial charge on any atom is 0.305 e. The molecule has 1 aliphatic heterocycles. The van der Waals surface area contributed by atoms with Gasteiger partial charge in [-0.25, -0.2) is 0 Å². The Kier molecular flexibility index (Phi) is 4.13. The van der Waals surface area contributed by atoms with Crippen molar-refractivity contribution >= 4 is 11.9 Å². The van der Waals surface area contributed by atoms with Crippen LogP contribution in [0.2, 0.25) is 0 Å². The normalized spacial score (nSPS) is 18.8. The number of aromatic nitrogens is 2. The SMILES string of the molecule is Cc1noc(CCC(=O)N2CCCC2CC(=O)O)n1. The first-order valence-corrected chi connectivity index (χ1v) is 6.36. The first-order valence-electron chi connectivity index (χ1n) is 6.36. The number of carbonyl (C=O) groups excluding carboxylic acids is 1. The minimum Gasteiger partial charge on any atom is -0.481 e. The molecule has 0 bridgehead atoms. The van der Waals surface area contributed by atoms with Gasteiger partial charge < -0.3 is 14.5 Å². The fourth-order valence-corrected chi connectivity index (χ4v) is 2.38. The number of amides is 1. The number of rotatable bonds is 5. The molecule has 1 fully saturated rings. The third-order valence-corrected chi connectivity index (χ3v) is 3.23. The van der Waals surface area contributed by atoms with E-state index in [1.54, 1.807) is 11.8 Å². The number of aliphatic carboxylic acids is 1. The van der Waals surface area contributed by atoms with E-state index in [-0.39, 0.29) is 24.8 Å². The Morgan fingerprint density at radius 2 is 2.32 bits per heavy atom. The fraction of sp³-hybridized carbons (Fsp3) is 0.667.